The first-order chi connectivity index (χ1) is 8.81. The van der Waals surface area contributed by atoms with Gasteiger partial charge in [-0.15, -0.1) is 11.8 Å². The maximum atomic E-state index is 3.52. The summed E-state index contributed by atoms with van der Waals surface area (Å²) < 4.78 is 0. The molecule has 0 saturated heterocycles. The van der Waals surface area contributed by atoms with E-state index < -0.39 is 0 Å². The van der Waals surface area contributed by atoms with Crippen molar-refractivity contribution in [3.8, 4) is 0 Å². The van der Waals surface area contributed by atoms with Crippen molar-refractivity contribution < 1.29 is 0 Å². The highest BCUT2D eigenvalue weighted by Gasteiger charge is 2.06. The van der Waals surface area contributed by atoms with E-state index in [4.69, 9.17) is 0 Å². The molecule has 0 saturated carbocycles. The second-order valence-electron chi connectivity index (χ2n) is 4.64. The Bertz CT molecular complexity index is 307. The third-order valence-electron chi connectivity index (χ3n) is 3.16. The Kier molecular flexibility index (Phi) is 8.19. The number of nitrogens with one attached hydrogen (secondary N) is 1. The molecule has 0 aromatic heterocycles. The van der Waals surface area contributed by atoms with E-state index in [9.17, 15) is 0 Å². The van der Waals surface area contributed by atoms with Gasteiger partial charge in [0.1, 0.15) is 0 Å². The lowest BCUT2D eigenvalue weighted by Crippen LogP contribution is -2.19. The summed E-state index contributed by atoms with van der Waals surface area (Å²) in [6, 6.07) is 9.60. The first-order valence-corrected chi connectivity index (χ1v) is 8.26. The molecule has 0 spiro atoms. The molecule has 0 aliphatic rings. The minimum atomic E-state index is 0.508. The molecule has 0 fully saturated rings. The SMILES string of the molecule is CCCCCSc1ccc(C(CC)NCC)cc1. The molecule has 1 nitrogen and oxygen atoms in total. The van der Waals surface area contributed by atoms with Gasteiger partial charge in [0.25, 0.3) is 0 Å². The maximum Gasteiger partial charge on any atom is 0.0317 e. The van der Waals surface area contributed by atoms with Gasteiger partial charge in [-0.05, 0) is 42.8 Å². The largest absolute Gasteiger partial charge is 0.310 e. The summed E-state index contributed by atoms with van der Waals surface area (Å²) in [4.78, 5) is 1.40. The van der Waals surface area contributed by atoms with Gasteiger partial charge in [0, 0.05) is 10.9 Å². The average Bonchev–Trinajstić information content (AvgIpc) is 2.42. The van der Waals surface area contributed by atoms with E-state index in [0.29, 0.717) is 6.04 Å². The fraction of sp³-hybridized carbons (Fsp3) is 0.625. The summed E-state index contributed by atoms with van der Waals surface area (Å²) in [5, 5.41) is 3.52. The first kappa shape index (κ1) is 15.6. The van der Waals surface area contributed by atoms with E-state index >= 15 is 0 Å². The predicted octanol–water partition coefficient (Wildman–Crippen LogP) is 5.03. The molecule has 1 rings (SSSR count). The molecule has 0 radical (unpaired) electrons. The van der Waals surface area contributed by atoms with E-state index in [1.165, 1.54) is 35.5 Å². The van der Waals surface area contributed by atoms with Gasteiger partial charge >= 0.3 is 0 Å². The highest BCUT2D eigenvalue weighted by atomic mass is 32.2. The number of hydrogen-bond acceptors (Lipinski definition) is 2. The van der Waals surface area contributed by atoms with Crippen molar-refractivity contribution in [1.29, 1.82) is 0 Å². The van der Waals surface area contributed by atoms with Crippen molar-refractivity contribution in [3.63, 3.8) is 0 Å². The van der Waals surface area contributed by atoms with Crippen LogP contribution in [-0.4, -0.2) is 12.3 Å². The van der Waals surface area contributed by atoms with Crippen molar-refractivity contribution in [2.24, 2.45) is 0 Å². The number of unbranched alkanes of at least 4 members (excludes halogenated alkanes) is 2. The Hall–Kier alpha value is -0.470. The van der Waals surface area contributed by atoms with E-state index in [0.717, 1.165) is 13.0 Å². The number of benzene rings is 1. The van der Waals surface area contributed by atoms with Crippen molar-refractivity contribution in [2.75, 3.05) is 12.3 Å². The van der Waals surface area contributed by atoms with Crippen molar-refractivity contribution in [3.05, 3.63) is 29.8 Å². The van der Waals surface area contributed by atoms with Crippen LogP contribution in [0.25, 0.3) is 0 Å². The van der Waals surface area contributed by atoms with Gasteiger partial charge in [0.05, 0.1) is 0 Å². The van der Waals surface area contributed by atoms with Gasteiger partial charge in [0.15, 0.2) is 0 Å². The molecule has 0 aliphatic heterocycles. The molecule has 2 heteroatoms. The van der Waals surface area contributed by atoms with Gasteiger partial charge in [-0.3, -0.25) is 0 Å². The Balaban J connectivity index is 2.45. The summed E-state index contributed by atoms with van der Waals surface area (Å²) in [5.74, 6) is 1.25. The van der Waals surface area contributed by atoms with Gasteiger partial charge in [-0.1, -0.05) is 45.7 Å². The predicted molar refractivity (Wildman–Crippen MR) is 83.4 cm³/mol. The fourth-order valence-electron chi connectivity index (χ4n) is 2.08. The lowest BCUT2D eigenvalue weighted by Gasteiger charge is -2.16. The third-order valence-corrected chi connectivity index (χ3v) is 4.26. The quantitative estimate of drug-likeness (QED) is 0.496. The second-order valence-corrected chi connectivity index (χ2v) is 5.81. The number of hydrogen-bond donors (Lipinski definition) is 1. The van der Waals surface area contributed by atoms with Crippen molar-refractivity contribution in [1.82, 2.24) is 5.32 Å². The zero-order valence-electron chi connectivity index (χ0n) is 12.0. The normalized spacial score (nSPS) is 12.6. The van der Waals surface area contributed by atoms with Crippen molar-refractivity contribution >= 4 is 11.8 Å². The summed E-state index contributed by atoms with van der Waals surface area (Å²) in [6.07, 6.45) is 5.14. The summed E-state index contributed by atoms with van der Waals surface area (Å²) in [7, 11) is 0. The molecule has 1 unspecified atom stereocenters. The van der Waals surface area contributed by atoms with E-state index in [-0.39, 0.29) is 0 Å². The number of thioether (sulfide) groups is 1. The van der Waals surface area contributed by atoms with Crippen LogP contribution in [0.1, 0.15) is 58.1 Å². The molecule has 18 heavy (non-hydrogen) atoms. The Morgan fingerprint density at radius 2 is 1.78 bits per heavy atom. The van der Waals surface area contributed by atoms with Gasteiger partial charge < -0.3 is 5.32 Å². The van der Waals surface area contributed by atoms with Gasteiger partial charge in [0.2, 0.25) is 0 Å². The molecule has 1 aromatic rings. The molecular weight excluding hydrogens is 238 g/mol. The molecule has 0 heterocycles. The van der Waals surface area contributed by atoms with Crippen molar-refractivity contribution in [2.45, 2.75) is 57.4 Å². The minimum absolute atomic E-state index is 0.508. The molecule has 1 atom stereocenters. The molecular formula is C16H27NS. The standard InChI is InChI=1S/C16H27NS/c1-4-7-8-13-18-15-11-9-14(10-12-15)16(5-2)17-6-3/h9-12,16-17H,4-8,13H2,1-3H3. The van der Waals surface area contributed by atoms with E-state index in [2.05, 4.69) is 50.4 Å². The zero-order valence-corrected chi connectivity index (χ0v) is 12.9. The smallest absolute Gasteiger partial charge is 0.0317 e. The lowest BCUT2D eigenvalue weighted by molar-refractivity contribution is 0.537. The average molecular weight is 265 g/mol. The molecule has 102 valence electrons. The summed E-state index contributed by atoms with van der Waals surface area (Å²) in [5.41, 5.74) is 1.41. The Morgan fingerprint density at radius 3 is 2.33 bits per heavy atom. The summed E-state index contributed by atoms with van der Waals surface area (Å²) in [6.45, 7) is 7.69. The van der Waals surface area contributed by atoms with E-state index in [1.807, 2.05) is 11.8 Å². The van der Waals surface area contributed by atoms with Crippen LogP contribution in [0.5, 0.6) is 0 Å². The molecule has 0 bridgehead atoms. The van der Waals surface area contributed by atoms with Crippen LogP contribution in [0.4, 0.5) is 0 Å². The van der Waals surface area contributed by atoms with Gasteiger partial charge in [-0.2, -0.15) is 0 Å². The van der Waals surface area contributed by atoms with Crippen LogP contribution in [0.15, 0.2) is 29.2 Å². The monoisotopic (exact) mass is 265 g/mol. The number of rotatable bonds is 9. The Labute approximate surface area is 117 Å². The Morgan fingerprint density at radius 1 is 1.06 bits per heavy atom. The maximum absolute atomic E-state index is 3.52. The minimum Gasteiger partial charge on any atom is -0.310 e. The van der Waals surface area contributed by atoms with Crippen LogP contribution in [0, 0.1) is 0 Å². The van der Waals surface area contributed by atoms with Crippen LogP contribution in [-0.2, 0) is 0 Å². The van der Waals surface area contributed by atoms with Crippen LogP contribution in [0.3, 0.4) is 0 Å². The van der Waals surface area contributed by atoms with Gasteiger partial charge in [-0.25, -0.2) is 0 Å². The highest BCUT2D eigenvalue weighted by molar-refractivity contribution is 7.99. The topological polar surface area (TPSA) is 12.0 Å². The molecule has 0 aliphatic carbocycles. The fourth-order valence-corrected chi connectivity index (χ4v) is 3.00. The summed E-state index contributed by atoms with van der Waals surface area (Å²) >= 11 is 1.98. The lowest BCUT2D eigenvalue weighted by atomic mass is 10.1. The molecule has 1 aromatic carbocycles. The third kappa shape index (κ3) is 5.45. The zero-order chi connectivity index (χ0) is 13.2. The molecule has 1 N–H and O–H groups in total. The van der Waals surface area contributed by atoms with Crippen LogP contribution < -0.4 is 5.32 Å². The van der Waals surface area contributed by atoms with Crippen LogP contribution >= 0.6 is 11.8 Å². The second kappa shape index (κ2) is 9.46. The molecule has 0 amide bonds. The highest BCUT2D eigenvalue weighted by Crippen LogP contribution is 2.23. The van der Waals surface area contributed by atoms with E-state index in [1.54, 1.807) is 0 Å². The van der Waals surface area contributed by atoms with Crippen LogP contribution in [0.2, 0.25) is 0 Å². The first-order valence-electron chi connectivity index (χ1n) is 7.27.